The van der Waals surface area contributed by atoms with E-state index in [1.54, 1.807) is 0 Å². The smallest absolute Gasteiger partial charge is 0.0222 e. The molecule has 1 aliphatic heterocycles. The van der Waals surface area contributed by atoms with Crippen molar-refractivity contribution in [2.75, 3.05) is 6.54 Å². The van der Waals surface area contributed by atoms with Crippen molar-refractivity contribution in [2.24, 2.45) is 0 Å². The van der Waals surface area contributed by atoms with Gasteiger partial charge in [0.15, 0.2) is 0 Å². The van der Waals surface area contributed by atoms with Crippen LogP contribution < -0.4 is 0 Å². The fourth-order valence-electron chi connectivity index (χ4n) is 1.38. The second-order valence-electron chi connectivity index (χ2n) is 3.42. The van der Waals surface area contributed by atoms with E-state index in [4.69, 9.17) is 0 Å². The van der Waals surface area contributed by atoms with Gasteiger partial charge in [-0.25, -0.2) is 0 Å². The van der Waals surface area contributed by atoms with Crippen LogP contribution in [0.3, 0.4) is 0 Å². The molecule has 11 heavy (non-hydrogen) atoms. The molecule has 1 heterocycles. The van der Waals surface area contributed by atoms with Crippen molar-refractivity contribution in [3.8, 4) is 0 Å². The molecule has 0 saturated carbocycles. The Morgan fingerprint density at radius 3 is 2.73 bits per heavy atom. The van der Waals surface area contributed by atoms with Gasteiger partial charge in [-0.2, -0.15) is 0 Å². The molecule has 1 fully saturated rings. The average molecular weight is 151 g/mol. The molecule has 1 heteroatoms. The lowest BCUT2D eigenvalue weighted by Crippen LogP contribution is -2.21. The summed E-state index contributed by atoms with van der Waals surface area (Å²) in [6.45, 7) is 9.44. The van der Waals surface area contributed by atoms with Gasteiger partial charge in [-0.15, -0.1) is 0 Å². The second kappa shape index (κ2) is 3.61. The Kier molecular flexibility index (Phi) is 2.75. The Morgan fingerprint density at radius 2 is 2.18 bits per heavy atom. The van der Waals surface area contributed by atoms with E-state index < -0.39 is 0 Å². The summed E-state index contributed by atoms with van der Waals surface area (Å²) in [7, 11) is 0. The molecule has 0 aromatic rings. The van der Waals surface area contributed by atoms with Crippen LogP contribution >= 0.6 is 0 Å². The van der Waals surface area contributed by atoms with Gasteiger partial charge in [0.25, 0.3) is 0 Å². The number of nitrogens with zero attached hydrogens (tertiary/aromatic N) is 1. The highest BCUT2D eigenvalue weighted by atomic mass is 15.1. The van der Waals surface area contributed by atoms with Gasteiger partial charge in [-0.3, -0.25) is 0 Å². The normalized spacial score (nSPS) is 18.4. The monoisotopic (exact) mass is 151 g/mol. The van der Waals surface area contributed by atoms with Crippen LogP contribution in [0.1, 0.15) is 33.1 Å². The molecular weight excluding hydrogens is 134 g/mol. The van der Waals surface area contributed by atoms with Gasteiger partial charge in [-0.1, -0.05) is 12.2 Å². The summed E-state index contributed by atoms with van der Waals surface area (Å²) in [6, 6.07) is 0. The van der Waals surface area contributed by atoms with Crippen molar-refractivity contribution in [2.45, 2.75) is 33.1 Å². The Morgan fingerprint density at radius 1 is 1.45 bits per heavy atom. The molecule has 0 aliphatic carbocycles. The summed E-state index contributed by atoms with van der Waals surface area (Å²) in [5.74, 6) is 0. The molecule has 0 N–H and O–H groups in total. The molecule has 62 valence electrons. The van der Waals surface area contributed by atoms with Crippen molar-refractivity contribution in [3.05, 3.63) is 24.0 Å². The maximum Gasteiger partial charge on any atom is 0.0222 e. The van der Waals surface area contributed by atoms with Crippen LogP contribution in [-0.2, 0) is 0 Å². The minimum atomic E-state index is 1.16. The number of hydrogen-bond donors (Lipinski definition) is 0. The first-order valence-corrected chi connectivity index (χ1v) is 4.29. The Balaban J connectivity index is 2.55. The summed E-state index contributed by atoms with van der Waals surface area (Å²) in [4.78, 5) is 2.28. The van der Waals surface area contributed by atoms with Gasteiger partial charge >= 0.3 is 0 Å². The summed E-state index contributed by atoms with van der Waals surface area (Å²) in [5.41, 5.74) is 2.63. The predicted octanol–water partition coefficient (Wildman–Crippen LogP) is 2.91. The van der Waals surface area contributed by atoms with Gasteiger partial charge in [0.2, 0.25) is 0 Å². The van der Waals surface area contributed by atoms with Crippen molar-refractivity contribution >= 4 is 0 Å². The van der Waals surface area contributed by atoms with Crippen LogP contribution in [0.2, 0.25) is 0 Å². The summed E-state index contributed by atoms with van der Waals surface area (Å²) < 4.78 is 0. The van der Waals surface area contributed by atoms with Crippen LogP contribution in [-0.4, -0.2) is 11.4 Å². The number of rotatable bonds is 1. The number of hydrogen-bond acceptors (Lipinski definition) is 1. The summed E-state index contributed by atoms with van der Waals surface area (Å²) >= 11 is 0. The fourth-order valence-corrected chi connectivity index (χ4v) is 1.38. The highest BCUT2D eigenvalue weighted by Crippen LogP contribution is 2.19. The quantitative estimate of drug-likeness (QED) is 0.557. The lowest BCUT2D eigenvalue weighted by molar-refractivity contribution is 0.379. The van der Waals surface area contributed by atoms with E-state index >= 15 is 0 Å². The minimum Gasteiger partial charge on any atom is -0.352 e. The molecule has 1 nitrogen and oxygen atoms in total. The first-order valence-electron chi connectivity index (χ1n) is 4.29. The first kappa shape index (κ1) is 8.38. The Hall–Kier alpha value is -0.720. The van der Waals surface area contributed by atoms with Crippen molar-refractivity contribution in [3.63, 3.8) is 0 Å². The number of piperidine rings is 1. The molecule has 0 aromatic heterocycles. The Bertz CT molecular complexity index is 175. The molecule has 0 unspecified atom stereocenters. The molecule has 0 radical (unpaired) electrons. The van der Waals surface area contributed by atoms with E-state index in [1.807, 2.05) is 0 Å². The molecule has 0 aromatic carbocycles. The van der Waals surface area contributed by atoms with E-state index in [9.17, 15) is 0 Å². The molecule has 0 spiro atoms. The molecule has 1 rings (SSSR count). The molecule has 0 amide bonds. The van der Waals surface area contributed by atoms with Crippen LogP contribution in [0.15, 0.2) is 24.0 Å². The Labute approximate surface area is 69.4 Å². The van der Waals surface area contributed by atoms with Gasteiger partial charge < -0.3 is 4.90 Å². The van der Waals surface area contributed by atoms with Crippen LogP contribution in [0.25, 0.3) is 0 Å². The molecule has 1 aliphatic rings. The van der Waals surface area contributed by atoms with E-state index in [0.717, 1.165) is 6.54 Å². The van der Waals surface area contributed by atoms with E-state index in [-0.39, 0.29) is 0 Å². The standard InChI is InChI=1S/C10H17N/c1-9(2)8-11-7-5-4-6-10(11)3/h8H,3-7H2,1-2H3. The van der Waals surface area contributed by atoms with Gasteiger partial charge in [0, 0.05) is 18.4 Å². The van der Waals surface area contributed by atoms with E-state index in [0.29, 0.717) is 0 Å². The highest BCUT2D eigenvalue weighted by Gasteiger charge is 2.09. The van der Waals surface area contributed by atoms with Crippen LogP contribution in [0, 0.1) is 0 Å². The summed E-state index contributed by atoms with van der Waals surface area (Å²) in [6.07, 6.45) is 5.99. The number of likely N-dealkylation sites (tertiary alicyclic amines) is 1. The predicted molar refractivity (Wildman–Crippen MR) is 49.1 cm³/mol. The van der Waals surface area contributed by atoms with Crippen LogP contribution in [0.5, 0.6) is 0 Å². The fraction of sp³-hybridized carbons (Fsp3) is 0.600. The average Bonchev–Trinajstić information content (AvgIpc) is 1.93. The zero-order valence-electron chi connectivity index (χ0n) is 7.56. The second-order valence-corrected chi connectivity index (χ2v) is 3.42. The zero-order chi connectivity index (χ0) is 8.27. The summed E-state index contributed by atoms with van der Waals surface area (Å²) in [5, 5.41) is 0. The first-order chi connectivity index (χ1) is 5.20. The van der Waals surface area contributed by atoms with Gasteiger partial charge in [0.1, 0.15) is 0 Å². The van der Waals surface area contributed by atoms with Gasteiger partial charge in [-0.05, 0) is 33.1 Å². The minimum absolute atomic E-state index is 1.16. The molecular formula is C10H17N. The van der Waals surface area contributed by atoms with E-state index in [2.05, 4.69) is 31.5 Å². The van der Waals surface area contributed by atoms with Crippen LogP contribution in [0.4, 0.5) is 0 Å². The molecule has 0 atom stereocenters. The topological polar surface area (TPSA) is 3.24 Å². The van der Waals surface area contributed by atoms with E-state index in [1.165, 1.54) is 30.5 Å². The largest absolute Gasteiger partial charge is 0.352 e. The maximum absolute atomic E-state index is 4.03. The SMILES string of the molecule is C=C1CCCCN1C=C(C)C. The molecule has 0 bridgehead atoms. The number of allylic oxidation sites excluding steroid dienone is 2. The zero-order valence-corrected chi connectivity index (χ0v) is 7.56. The van der Waals surface area contributed by atoms with Crippen molar-refractivity contribution < 1.29 is 0 Å². The highest BCUT2D eigenvalue weighted by molar-refractivity contribution is 5.06. The third-order valence-electron chi connectivity index (χ3n) is 1.93. The lowest BCUT2D eigenvalue weighted by atomic mass is 10.1. The van der Waals surface area contributed by atoms with Crippen molar-refractivity contribution in [1.29, 1.82) is 0 Å². The lowest BCUT2D eigenvalue weighted by Gasteiger charge is -2.27. The molecule has 1 saturated heterocycles. The third-order valence-corrected chi connectivity index (χ3v) is 1.93. The third kappa shape index (κ3) is 2.41. The van der Waals surface area contributed by atoms with Crippen molar-refractivity contribution in [1.82, 2.24) is 4.90 Å². The van der Waals surface area contributed by atoms with Gasteiger partial charge in [0.05, 0.1) is 0 Å². The maximum atomic E-state index is 4.03.